The molecule has 36 heavy (non-hydrogen) atoms. The van der Waals surface area contributed by atoms with E-state index in [4.69, 9.17) is 5.11 Å². The van der Waals surface area contributed by atoms with Crippen molar-refractivity contribution >= 4 is 11.7 Å². The number of benzene rings is 2. The number of carbonyl (C=O) groups is 2. The van der Waals surface area contributed by atoms with Gasteiger partial charge in [0.1, 0.15) is 6.61 Å². The van der Waals surface area contributed by atoms with Gasteiger partial charge in [-0.2, -0.15) is 0 Å². The van der Waals surface area contributed by atoms with Crippen LogP contribution in [0, 0.1) is 0 Å². The summed E-state index contributed by atoms with van der Waals surface area (Å²) >= 11 is 0. The molecule has 2 aromatic carbocycles. The van der Waals surface area contributed by atoms with E-state index in [0.29, 0.717) is 5.56 Å². The molecule has 0 bridgehead atoms. The predicted molar refractivity (Wildman–Crippen MR) is 142 cm³/mol. The van der Waals surface area contributed by atoms with Gasteiger partial charge in [0, 0.05) is 75.6 Å². The van der Waals surface area contributed by atoms with Gasteiger partial charge in [0.05, 0.1) is 0 Å². The Balaban J connectivity index is 1.35. The maximum absolute atomic E-state index is 13.6. The fourth-order valence-corrected chi connectivity index (χ4v) is 5.58. The van der Waals surface area contributed by atoms with Crippen LogP contribution in [0.4, 0.5) is 0 Å². The first-order valence-electron chi connectivity index (χ1n) is 13.2. The van der Waals surface area contributed by atoms with Crippen molar-refractivity contribution in [2.75, 3.05) is 52.4 Å². The maximum Gasteiger partial charge on any atom is 0.254 e. The van der Waals surface area contributed by atoms with Crippen LogP contribution in [0.2, 0.25) is 0 Å². The van der Waals surface area contributed by atoms with E-state index in [-0.39, 0.29) is 23.8 Å². The molecule has 0 aliphatic carbocycles. The number of Topliss-reactive ketones (excluding diaryl/α,β-unsaturated/α-hetero) is 1. The zero-order valence-corrected chi connectivity index (χ0v) is 21.9. The summed E-state index contributed by atoms with van der Waals surface area (Å²) in [6.07, 6.45) is 0. The molecule has 2 fully saturated rings. The fraction of sp³-hybridized carbons (Fsp3) is 0.517. The smallest absolute Gasteiger partial charge is 0.254 e. The van der Waals surface area contributed by atoms with Crippen LogP contribution in [0.25, 0.3) is 0 Å². The average molecular weight is 493 g/mol. The summed E-state index contributed by atoms with van der Waals surface area (Å²) in [6, 6.07) is 15.8. The lowest BCUT2D eigenvalue weighted by molar-refractivity contribution is 0.0268. The Kier molecular flexibility index (Phi) is 8.90. The highest BCUT2D eigenvalue weighted by molar-refractivity contribution is 5.97. The molecule has 194 valence electrons. The molecule has 2 aliphatic heterocycles. The largest absolute Gasteiger partial charge is 0.388 e. The Bertz CT molecular complexity index is 1020. The normalized spacial score (nSPS) is 22.1. The van der Waals surface area contributed by atoms with E-state index < -0.39 is 6.61 Å². The van der Waals surface area contributed by atoms with Gasteiger partial charge in [0.25, 0.3) is 5.91 Å². The Hall–Kier alpha value is -2.58. The summed E-state index contributed by atoms with van der Waals surface area (Å²) in [5.41, 5.74) is 3.63. The summed E-state index contributed by atoms with van der Waals surface area (Å²) in [5.74, 6) is -0.154. The van der Waals surface area contributed by atoms with E-state index in [1.807, 2.05) is 29.2 Å². The number of aliphatic hydroxyl groups is 1. The molecule has 0 radical (unpaired) electrons. The minimum Gasteiger partial charge on any atom is -0.388 e. The topological polar surface area (TPSA) is 67.3 Å². The van der Waals surface area contributed by atoms with Gasteiger partial charge < -0.3 is 14.9 Å². The SMILES string of the molecule is CCN1CCN(Cc2cccc(C(=O)N3[C@H](C)CN(Cc4ccc(C(=O)CO)cc4)C[C@@H]3C)c2)CC1. The number of likely N-dealkylation sites (N-methyl/N-ethyl adjacent to an activating group) is 1. The van der Waals surface area contributed by atoms with Crippen molar-refractivity contribution in [3.63, 3.8) is 0 Å². The summed E-state index contributed by atoms with van der Waals surface area (Å²) in [4.78, 5) is 34.6. The van der Waals surface area contributed by atoms with Crippen LogP contribution >= 0.6 is 0 Å². The molecule has 0 saturated carbocycles. The molecule has 1 amide bonds. The Morgan fingerprint density at radius 2 is 1.42 bits per heavy atom. The quantitative estimate of drug-likeness (QED) is 0.572. The molecule has 2 aromatic rings. The lowest BCUT2D eigenvalue weighted by Gasteiger charge is -2.44. The van der Waals surface area contributed by atoms with E-state index in [2.05, 4.69) is 47.6 Å². The lowest BCUT2D eigenvalue weighted by Crippen LogP contribution is -2.58. The highest BCUT2D eigenvalue weighted by Gasteiger charge is 2.33. The van der Waals surface area contributed by atoms with Crippen molar-refractivity contribution in [3.8, 4) is 0 Å². The monoisotopic (exact) mass is 492 g/mol. The van der Waals surface area contributed by atoms with Crippen LogP contribution in [0.5, 0.6) is 0 Å². The van der Waals surface area contributed by atoms with Crippen LogP contribution in [0.15, 0.2) is 48.5 Å². The van der Waals surface area contributed by atoms with Crippen molar-refractivity contribution in [2.45, 2.75) is 45.9 Å². The van der Waals surface area contributed by atoms with Crippen molar-refractivity contribution in [3.05, 3.63) is 70.8 Å². The molecule has 0 spiro atoms. The van der Waals surface area contributed by atoms with Crippen LogP contribution in [-0.2, 0) is 13.1 Å². The van der Waals surface area contributed by atoms with Gasteiger partial charge in [-0.15, -0.1) is 0 Å². The molecule has 0 aromatic heterocycles. The summed E-state index contributed by atoms with van der Waals surface area (Å²) in [5, 5.41) is 9.04. The molecule has 4 rings (SSSR count). The number of rotatable bonds is 8. The molecule has 2 aliphatic rings. The van der Waals surface area contributed by atoms with Gasteiger partial charge in [-0.1, -0.05) is 43.3 Å². The third-order valence-corrected chi connectivity index (χ3v) is 7.55. The van der Waals surface area contributed by atoms with Crippen molar-refractivity contribution in [2.24, 2.45) is 0 Å². The second-order valence-corrected chi connectivity index (χ2v) is 10.3. The van der Waals surface area contributed by atoms with Crippen LogP contribution in [0.3, 0.4) is 0 Å². The first-order chi connectivity index (χ1) is 17.4. The molecule has 2 saturated heterocycles. The molecule has 2 atom stereocenters. The fourth-order valence-electron chi connectivity index (χ4n) is 5.58. The third-order valence-electron chi connectivity index (χ3n) is 7.55. The Morgan fingerprint density at radius 3 is 2.03 bits per heavy atom. The number of amides is 1. The highest BCUT2D eigenvalue weighted by atomic mass is 16.3. The molecular weight excluding hydrogens is 452 g/mol. The maximum atomic E-state index is 13.6. The average Bonchev–Trinajstić information content (AvgIpc) is 2.89. The molecule has 1 N–H and O–H groups in total. The van der Waals surface area contributed by atoms with Gasteiger partial charge in [-0.3, -0.25) is 19.4 Å². The van der Waals surface area contributed by atoms with Crippen LogP contribution < -0.4 is 0 Å². The number of hydrogen-bond acceptors (Lipinski definition) is 6. The van der Waals surface area contributed by atoms with Crippen LogP contribution in [0.1, 0.15) is 52.6 Å². The van der Waals surface area contributed by atoms with E-state index in [0.717, 1.165) is 70.0 Å². The number of hydrogen-bond donors (Lipinski definition) is 1. The van der Waals surface area contributed by atoms with Gasteiger partial charge in [-0.05, 0) is 43.7 Å². The van der Waals surface area contributed by atoms with Gasteiger partial charge in [0.2, 0.25) is 0 Å². The predicted octanol–water partition coefficient (Wildman–Crippen LogP) is 2.73. The molecular formula is C29H40N4O3. The molecule has 2 heterocycles. The molecule has 7 heteroatoms. The van der Waals surface area contributed by atoms with Gasteiger partial charge in [-0.25, -0.2) is 0 Å². The van der Waals surface area contributed by atoms with Crippen molar-refractivity contribution in [1.29, 1.82) is 0 Å². The second-order valence-electron chi connectivity index (χ2n) is 10.3. The van der Waals surface area contributed by atoms with E-state index in [1.54, 1.807) is 12.1 Å². The standard InChI is InChI=1S/C29H40N4O3/c1-4-30-12-14-31(15-13-30)20-25-6-5-7-27(16-25)29(36)33-22(2)17-32(18-23(33)3)19-24-8-10-26(11-9-24)28(35)21-34/h5-11,16,22-23,34H,4,12-15,17-21H2,1-3H3/t22-,23+. The first kappa shape index (κ1) is 26.5. The summed E-state index contributed by atoms with van der Waals surface area (Å²) < 4.78 is 0. The molecule has 7 nitrogen and oxygen atoms in total. The number of nitrogens with zero attached hydrogens (tertiary/aromatic N) is 4. The lowest BCUT2D eigenvalue weighted by atomic mass is 10.0. The number of aliphatic hydroxyl groups excluding tert-OH is 1. The zero-order chi connectivity index (χ0) is 25.7. The number of ketones is 1. The Morgan fingerprint density at radius 1 is 0.806 bits per heavy atom. The van der Waals surface area contributed by atoms with Crippen molar-refractivity contribution in [1.82, 2.24) is 19.6 Å². The van der Waals surface area contributed by atoms with E-state index in [1.165, 1.54) is 5.56 Å². The van der Waals surface area contributed by atoms with E-state index in [9.17, 15) is 9.59 Å². The number of carbonyl (C=O) groups excluding carboxylic acids is 2. The van der Waals surface area contributed by atoms with Crippen LogP contribution in [-0.4, -0.2) is 101 Å². The Labute approximate surface area is 215 Å². The minimum atomic E-state index is -0.469. The molecule has 0 unspecified atom stereocenters. The van der Waals surface area contributed by atoms with Gasteiger partial charge in [0.15, 0.2) is 5.78 Å². The minimum absolute atomic E-state index is 0.0993. The zero-order valence-electron chi connectivity index (χ0n) is 21.9. The van der Waals surface area contributed by atoms with E-state index >= 15 is 0 Å². The van der Waals surface area contributed by atoms with Gasteiger partial charge >= 0.3 is 0 Å². The second kappa shape index (κ2) is 12.1. The summed E-state index contributed by atoms with van der Waals surface area (Å²) in [6.45, 7) is 14.7. The number of piperazine rings is 2. The first-order valence-corrected chi connectivity index (χ1v) is 13.2. The highest BCUT2D eigenvalue weighted by Crippen LogP contribution is 2.22. The third kappa shape index (κ3) is 6.40. The van der Waals surface area contributed by atoms with Crippen molar-refractivity contribution < 1.29 is 14.7 Å². The summed E-state index contributed by atoms with van der Waals surface area (Å²) in [7, 11) is 0.